The van der Waals surface area contributed by atoms with E-state index in [4.69, 9.17) is 4.74 Å². The molecule has 0 saturated heterocycles. The number of methoxy groups -OCH3 is 1. The summed E-state index contributed by atoms with van der Waals surface area (Å²) >= 11 is 0. The van der Waals surface area contributed by atoms with E-state index < -0.39 is 0 Å². The Labute approximate surface area is 156 Å². The number of hydrogen-bond acceptors (Lipinski definition) is 4. The monoisotopic (exact) mass is 360 g/mol. The number of nitrogens with zero attached hydrogens (tertiary/aromatic N) is 3. The highest BCUT2D eigenvalue weighted by Crippen LogP contribution is 2.39. The zero-order valence-electron chi connectivity index (χ0n) is 15.5. The first-order valence-electron chi connectivity index (χ1n) is 8.72. The minimum Gasteiger partial charge on any atom is -0.496 e. The van der Waals surface area contributed by atoms with Crippen molar-refractivity contribution in [3.63, 3.8) is 0 Å². The summed E-state index contributed by atoms with van der Waals surface area (Å²) in [5.74, 6) is 0.704. The molecule has 1 aromatic carbocycles. The molecule has 0 spiro atoms. The molecule has 27 heavy (non-hydrogen) atoms. The number of rotatable bonds is 4. The van der Waals surface area contributed by atoms with Crippen LogP contribution in [-0.2, 0) is 6.54 Å². The van der Waals surface area contributed by atoms with Crippen LogP contribution in [0.3, 0.4) is 0 Å². The minimum absolute atomic E-state index is 0.0820. The van der Waals surface area contributed by atoms with Gasteiger partial charge in [0.25, 0.3) is 5.56 Å². The highest BCUT2D eigenvalue weighted by atomic mass is 16.5. The lowest BCUT2D eigenvalue weighted by Crippen LogP contribution is -2.21. The zero-order chi connectivity index (χ0) is 19.0. The Morgan fingerprint density at radius 2 is 1.89 bits per heavy atom. The Morgan fingerprint density at radius 3 is 2.56 bits per heavy atom. The average Bonchev–Trinajstić information content (AvgIpc) is 3.02. The van der Waals surface area contributed by atoms with E-state index in [0.717, 1.165) is 39.1 Å². The van der Waals surface area contributed by atoms with Crippen molar-refractivity contribution in [2.45, 2.75) is 20.4 Å². The molecule has 3 aromatic heterocycles. The fourth-order valence-electron chi connectivity index (χ4n) is 3.52. The molecule has 0 aliphatic carbocycles. The van der Waals surface area contributed by atoms with E-state index in [1.807, 2.05) is 50.2 Å². The molecule has 0 bridgehead atoms. The van der Waals surface area contributed by atoms with E-state index in [9.17, 15) is 4.79 Å². The molecule has 0 amide bonds. The Bertz CT molecular complexity index is 1160. The predicted octanol–water partition coefficient (Wildman–Crippen LogP) is 3.46. The van der Waals surface area contributed by atoms with E-state index in [1.54, 1.807) is 23.9 Å². The maximum Gasteiger partial charge on any atom is 0.251 e. The van der Waals surface area contributed by atoms with Crippen molar-refractivity contribution in [2.24, 2.45) is 0 Å². The SMILES string of the molecule is COc1ccc2ccc(=O)n(Cc3ccccn3)c2c1-c1c(C)n[nH]c1C. The van der Waals surface area contributed by atoms with Crippen LogP contribution in [0.25, 0.3) is 22.0 Å². The number of H-pyrrole nitrogens is 1. The van der Waals surface area contributed by atoms with E-state index in [-0.39, 0.29) is 5.56 Å². The zero-order valence-corrected chi connectivity index (χ0v) is 15.5. The third-order valence-corrected chi connectivity index (χ3v) is 4.76. The fraction of sp³-hybridized carbons (Fsp3) is 0.190. The molecule has 1 N–H and O–H groups in total. The topological polar surface area (TPSA) is 72.8 Å². The highest BCUT2D eigenvalue weighted by molar-refractivity contribution is 5.98. The lowest BCUT2D eigenvalue weighted by atomic mass is 9.98. The van der Waals surface area contributed by atoms with Gasteiger partial charge in [-0.3, -0.25) is 14.9 Å². The van der Waals surface area contributed by atoms with Gasteiger partial charge in [0.05, 0.1) is 36.1 Å². The smallest absolute Gasteiger partial charge is 0.251 e. The van der Waals surface area contributed by atoms with E-state index in [2.05, 4.69) is 15.2 Å². The third kappa shape index (κ3) is 2.89. The summed E-state index contributed by atoms with van der Waals surface area (Å²) in [5.41, 5.74) is 5.17. The molecule has 4 rings (SSSR count). The molecule has 3 heterocycles. The van der Waals surface area contributed by atoms with Crippen LogP contribution in [0.1, 0.15) is 17.1 Å². The second-order valence-corrected chi connectivity index (χ2v) is 6.47. The lowest BCUT2D eigenvalue weighted by Gasteiger charge is -2.17. The number of ether oxygens (including phenoxy) is 1. The molecular formula is C21H20N4O2. The van der Waals surface area contributed by atoms with Gasteiger partial charge in [-0.2, -0.15) is 5.10 Å². The Balaban J connectivity index is 2.09. The van der Waals surface area contributed by atoms with Crippen molar-refractivity contribution in [2.75, 3.05) is 7.11 Å². The highest BCUT2D eigenvalue weighted by Gasteiger charge is 2.20. The van der Waals surface area contributed by atoms with E-state index in [1.165, 1.54) is 0 Å². The van der Waals surface area contributed by atoms with Crippen molar-refractivity contribution in [1.82, 2.24) is 19.7 Å². The van der Waals surface area contributed by atoms with Crippen LogP contribution < -0.4 is 10.3 Å². The number of hydrogen-bond donors (Lipinski definition) is 1. The molecule has 6 heteroatoms. The van der Waals surface area contributed by atoms with Gasteiger partial charge in [-0.25, -0.2) is 0 Å². The van der Waals surface area contributed by atoms with Gasteiger partial charge in [0.1, 0.15) is 5.75 Å². The van der Waals surface area contributed by atoms with Gasteiger partial charge >= 0.3 is 0 Å². The van der Waals surface area contributed by atoms with Gasteiger partial charge in [0, 0.05) is 23.5 Å². The summed E-state index contributed by atoms with van der Waals surface area (Å²) in [6.45, 7) is 4.30. The first-order chi connectivity index (χ1) is 13.1. The van der Waals surface area contributed by atoms with Gasteiger partial charge in [0.2, 0.25) is 0 Å². The standard InChI is InChI=1S/C21H20N4O2/c1-13-19(14(2)24-23-13)20-17(27-3)9-7-15-8-10-18(26)25(21(15)20)12-16-6-4-5-11-22-16/h4-11H,12H2,1-3H3,(H,23,24). The molecule has 0 aliphatic rings. The number of fused-ring (bicyclic) bond motifs is 1. The Hall–Kier alpha value is -3.41. The van der Waals surface area contributed by atoms with Crippen molar-refractivity contribution in [1.29, 1.82) is 0 Å². The number of nitrogens with one attached hydrogen (secondary N) is 1. The molecule has 4 aromatic rings. The normalized spacial score (nSPS) is 11.1. The molecular weight excluding hydrogens is 340 g/mol. The van der Waals surface area contributed by atoms with Gasteiger partial charge in [-0.15, -0.1) is 0 Å². The van der Waals surface area contributed by atoms with Gasteiger partial charge in [0.15, 0.2) is 0 Å². The molecule has 0 unspecified atom stereocenters. The van der Waals surface area contributed by atoms with Crippen LogP contribution in [0.4, 0.5) is 0 Å². The number of aryl methyl sites for hydroxylation is 2. The molecule has 0 fully saturated rings. The summed E-state index contributed by atoms with van der Waals surface area (Å²) in [5, 5.41) is 8.32. The van der Waals surface area contributed by atoms with Crippen LogP contribution >= 0.6 is 0 Å². The quantitative estimate of drug-likeness (QED) is 0.605. The van der Waals surface area contributed by atoms with Gasteiger partial charge in [-0.1, -0.05) is 6.07 Å². The average molecular weight is 360 g/mol. The second-order valence-electron chi connectivity index (χ2n) is 6.47. The molecule has 136 valence electrons. The molecule has 0 radical (unpaired) electrons. The van der Waals surface area contributed by atoms with Crippen molar-refractivity contribution in [3.8, 4) is 16.9 Å². The summed E-state index contributed by atoms with van der Waals surface area (Å²) in [6.07, 6.45) is 1.73. The van der Waals surface area contributed by atoms with Crippen molar-refractivity contribution >= 4 is 10.9 Å². The fourth-order valence-corrected chi connectivity index (χ4v) is 3.52. The maximum absolute atomic E-state index is 12.8. The number of aromatic amines is 1. The van der Waals surface area contributed by atoms with Crippen LogP contribution in [0.2, 0.25) is 0 Å². The van der Waals surface area contributed by atoms with Crippen LogP contribution in [-0.4, -0.2) is 26.9 Å². The van der Waals surface area contributed by atoms with Crippen molar-refractivity contribution in [3.05, 3.63) is 76.1 Å². The van der Waals surface area contributed by atoms with Crippen LogP contribution in [0.5, 0.6) is 5.75 Å². The molecule has 6 nitrogen and oxygen atoms in total. The lowest BCUT2D eigenvalue weighted by molar-refractivity contribution is 0.416. The van der Waals surface area contributed by atoms with Gasteiger partial charge in [-0.05, 0) is 49.6 Å². The van der Waals surface area contributed by atoms with E-state index >= 15 is 0 Å². The first kappa shape index (κ1) is 17.0. The molecule has 0 aliphatic heterocycles. The second kappa shape index (κ2) is 6.72. The maximum atomic E-state index is 12.8. The number of aromatic nitrogens is 4. The largest absolute Gasteiger partial charge is 0.496 e. The first-order valence-corrected chi connectivity index (χ1v) is 8.72. The van der Waals surface area contributed by atoms with Crippen molar-refractivity contribution < 1.29 is 4.74 Å². The van der Waals surface area contributed by atoms with Crippen LogP contribution in [0.15, 0.2) is 53.5 Å². The number of benzene rings is 1. The molecule has 0 atom stereocenters. The summed E-state index contributed by atoms with van der Waals surface area (Å²) in [4.78, 5) is 17.2. The molecule has 0 saturated carbocycles. The summed E-state index contributed by atoms with van der Waals surface area (Å²) < 4.78 is 7.41. The third-order valence-electron chi connectivity index (χ3n) is 4.76. The predicted molar refractivity (Wildman–Crippen MR) is 105 cm³/mol. The van der Waals surface area contributed by atoms with E-state index in [0.29, 0.717) is 12.3 Å². The summed E-state index contributed by atoms with van der Waals surface area (Å²) in [6, 6.07) is 13.0. The van der Waals surface area contributed by atoms with Crippen LogP contribution in [0, 0.1) is 13.8 Å². The minimum atomic E-state index is -0.0820. The Morgan fingerprint density at radius 1 is 1.07 bits per heavy atom. The van der Waals surface area contributed by atoms with Gasteiger partial charge < -0.3 is 9.30 Å². The Kier molecular flexibility index (Phi) is 4.24. The summed E-state index contributed by atoms with van der Waals surface area (Å²) in [7, 11) is 1.64. The number of pyridine rings is 2.